The summed E-state index contributed by atoms with van der Waals surface area (Å²) < 4.78 is 0. The van der Waals surface area contributed by atoms with Gasteiger partial charge in [-0.25, -0.2) is 0 Å². The Morgan fingerprint density at radius 1 is 1.43 bits per heavy atom. The van der Waals surface area contributed by atoms with Gasteiger partial charge >= 0.3 is 0 Å². The Hall–Kier alpha value is -0.830. The number of aryl methyl sites for hydroxylation is 1. The summed E-state index contributed by atoms with van der Waals surface area (Å²) in [5, 5.41) is 4.98. The summed E-state index contributed by atoms with van der Waals surface area (Å²) >= 11 is 1.50. The molecule has 0 saturated heterocycles. The molecule has 0 radical (unpaired) electrons. The Morgan fingerprint density at radius 3 is 2.50 bits per heavy atom. The summed E-state index contributed by atoms with van der Waals surface area (Å²) in [6.07, 6.45) is 0. The lowest BCUT2D eigenvalue weighted by Crippen LogP contribution is -2.35. The Morgan fingerprint density at radius 2 is 2.07 bits per heavy atom. The molecule has 0 aliphatic carbocycles. The van der Waals surface area contributed by atoms with Crippen molar-refractivity contribution in [3.63, 3.8) is 0 Å². The molecular weight excluding hydrogens is 194 g/mol. The predicted molar refractivity (Wildman–Crippen MR) is 60.8 cm³/mol. The van der Waals surface area contributed by atoms with E-state index in [1.54, 1.807) is 0 Å². The van der Waals surface area contributed by atoms with Crippen LogP contribution in [-0.2, 0) is 0 Å². The van der Waals surface area contributed by atoms with Gasteiger partial charge in [0.25, 0.3) is 5.91 Å². The molecule has 0 aliphatic heterocycles. The number of hydrogen-bond acceptors (Lipinski definition) is 2. The number of rotatable bonds is 3. The third-order valence-corrected chi connectivity index (χ3v) is 3.36. The predicted octanol–water partition coefficient (Wildman–Crippen LogP) is 2.83. The molecule has 0 bridgehead atoms. The highest BCUT2D eigenvalue weighted by Crippen LogP contribution is 2.14. The topological polar surface area (TPSA) is 29.1 Å². The molecule has 3 heteroatoms. The van der Waals surface area contributed by atoms with Crippen LogP contribution < -0.4 is 5.32 Å². The van der Waals surface area contributed by atoms with E-state index >= 15 is 0 Å². The maximum absolute atomic E-state index is 11.7. The fourth-order valence-electron chi connectivity index (χ4n) is 0.995. The van der Waals surface area contributed by atoms with Gasteiger partial charge in [-0.2, -0.15) is 0 Å². The Bertz CT molecular complexity index is 317. The van der Waals surface area contributed by atoms with Gasteiger partial charge in [0.05, 0.1) is 4.88 Å². The highest BCUT2D eigenvalue weighted by atomic mass is 32.1. The molecule has 2 nitrogen and oxygen atoms in total. The summed E-state index contributed by atoms with van der Waals surface area (Å²) in [5.41, 5.74) is 1.15. The van der Waals surface area contributed by atoms with Crippen molar-refractivity contribution >= 4 is 17.2 Å². The van der Waals surface area contributed by atoms with E-state index in [2.05, 4.69) is 19.2 Å². The van der Waals surface area contributed by atoms with Crippen LogP contribution in [0.25, 0.3) is 0 Å². The number of nitrogens with one attached hydrogen (secondary N) is 1. The highest BCUT2D eigenvalue weighted by molar-refractivity contribution is 7.12. The highest BCUT2D eigenvalue weighted by Gasteiger charge is 2.13. The van der Waals surface area contributed by atoms with Crippen molar-refractivity contribution < 1.29 is 4.79 Å². The first-order chi connectivity index (χ1) is 6.50. The minimum atomic E-state index is 0.0456. The molecule has 0 spiro atoms. The molecule has 1 atom stereocenters. The third-order valence-electron chi connectivity index (χ3n) is 2.31. The SMILES string of the molecule is Cc1csc(C(=O)NC(C)C(C)C)c1. The van der Waals surface area contributed by atoms with Gasteiger partial charge in [-0.3, -0.25) is 4.79 Å². The average Bonchev–Trinajstić information content (AvgIpc) is 2.51. The standard InChI is InChI=1S/C11H17NOS/c1-7(2)9(4)12-11(13)10-5-8(3)6-14-10/h5-7,9H,1-4H3,(H,12,13). The Balaban J connectivity index is 2.59. The van der Waals surface area contributed by atoms with E-state index in [1.807, 2.05) is 25.3 Å². The first-order valence-corrected chi connectivity index (χ1v) is 5.74. The van der Waals surface area contributed by atoms with Crippen LogP contribution in [0.1, 0.15) is 36.0 Å². The molecule has 1 rings (SSSR count). The molecular formula is C11H17NOS. The van der Waals surface area contributed by atoms with E-state index in [4.69, 9.17) is 0 Å². The van der Waals surface area contributed by atoms with Gasteiger partial charge in [-0.1, -0.05) is 13.8 Å². The van der Waals surface area contributed by atoms with Crippen molar-refractivity contribution in [2.24, 2.45) is 5.92 Å². The second kappa shape index (κ2) is 4.60. The maximum atomic E-state index is 11.7. The molecule has 78 valence electrons. The average molecular weight is 211 g/mol. The van der Waals surface area contributed by atoms with Crippen LogP contribution in [0, 0.1) is 12.8 Å². The largest absolute Gasteiger partial charge is 0.349 e. The van der Waals surface area contributed by atoms with E-state index in [-0.39, 0.29) is 11.9 Å². The van der Waals surface area contributed by atoms with Crippen LogP contribution in [0.15, 0.2) is 11.4 Å². The van der Waals surface area contributed by atoms with E-state index in [9.17, 15) is 4.79 Å². The van der Waals surface area contributed by atoms with Crippen molar-refractivity contribution in [3.05, 3.63) is 21.9 Å². The fourth-order valence-corrected chi connectivity index (χ4v) is 1.80. The Kier molecular flexibility index (Phi) is 3.69. The lowest BCUT2D eigenvalue weighted by atomic mass is 10.1. The molecule has 1 amide bonds. The first-order valence-electron chi connectivity index (χ1n) is 4.86. The van der Waals surface area contributed by atoms with E-state index in [0.29, 0.717) is 5.92 Å². The zero-order valence-corrected chi connectivity index (χ0v) is 9.94. The van der Waals surface area contributed by atoms with Crippen molar-refractivity contribution in [1.29, 1.82) is 0 Å². The van der Waals surface area contributed by atoms with Crippen molar-refractivity contribution in [3.8, 4) is 0 Å². The summed E-state index contributed by atoms with van der Waals surface area (Å²) in [5.74, 6) is 0.518. The van der Waals surface area contributed by atoms with E-state index in [1.165, 1.54) is 11.3 Å². The quantitative estimate of drug-likeness (QED) is 0.818. The first kappa shape index (κ1) is 11.2. The monoisotopic (exact) mass is 211 g/mol. The van der Waals surface area contributed by atoms with E-state index < -0.39 is 0 Å². The number of carbonyl (C=O) groups excluding carboxylic acids is 1. The molecule has 14 heavy (non-hydrogen) atoms. The third kappa shape index (κ3) is 2.84. The van der Waals surface area contributed by atoms with Crippen LogP contribution in [-0.4, -0.2) is 11.9 Å². The van der Waals surface area contributed by atoms with Crippen LogP contribution in [0.3, 0.4) is 0 Å². The molecule has 0 aliphatic rings. The molecule has 0 aromatic carbocycles. The van der Waals surface area contributed by atoms with Gasteiger partial charge in [0.1, 0.15) is 0 Å². The minimum absolute atomic E-state index is 0.0456. The molecule has 1 N–H and O–H groups in total. The number of thiophene rings is 1. The lowest BCUT2D eigenvalue weighted by Gasteiger charge is -2.16. The normalized spacial score (nSPS) is 12.9. The lowest BCUT2D eigenvalue weighted by molar-refractivity contribution is 0.0934. The number of carbonyl (C=O) groups is 1. The van der Waals surface area contributed by atoms with Crippen LogP contribution >= 0.6 is 11.3 Å². The minimum Gasteiger partial charge on any atom is -0.349 e. The molecule has 1 aromatic rings. The number of amides is 1. The maximum Gasteiger partial charge on any atom is 0.261 e. The van der Waals surface area contributed by atoms with Gasteiger partial charge < -0.3 is 5.32 Å². The molecule has 1 aromatic heterocycles. The van der Waals surface area contributed by atoms with Crippen molar-refractivity contribution in [2.45, 2.75) is 33.7 Å². The Labute approximate surface area is 89.3 Å². The fraction of sp³-hybridized carbons (Fsp3) is 0.545. The number of hydrogen-bond donors (Lipinski definition) is 1. The smallest absolute Gasteiger partial charge is 0.261 e. The van der Waals surface area contributed by atoms with Crippen molar-refractivity contribution in [2.75, 3.05) is 0 Å². The zero-order valence-electron chi connectivity index (χ0n) is 9.13. The van der Waals surface area contributed by atoms with Gasteiger partial charge in [-0.05, 0) is 36.8 Å². The molecule has 0 fully saturated rings. The van der Waals surface area contributed by atoms with Crippen LogP contribution in [0.5, 0.6) is 0 Å². The van der Waals surface area contributed by atoms with Crippen LogP contribution in [0.2, 0.25) is 0 Å². The molecule has 1 unspecified atom stereocenters. The van der Waals surface area contributed by atoms with Gasteiger partial charge in [0.15, 0.2) is 0 Å². The molecule has 1 heterocycles. The summed E-state index contributed by atoms with van der Waals surface area (Å²) in [7, 11) is 0. The molecule has 0 saturated carbocycles. The second-order valence-corrected chi connectivity index (χ2v) is 4.91. The van der Waals surface area contributed by atoms with E-state index in [0.717, 1.165) is 10.4 Å². The summed E-state index contributed by atoms with van der Waals surface area (Å²) in [6, 6.07) is 2.15. The summed E-state index contributed by atoms with van der Waals surface area (Å²) in [4.78, 5) is 12.5. The zero-order chi connectivity index (χ0) is 10.7. The van der Waals surface area contributed by atoms with Gasteiger partial charge in [0.2, 0.25) is 0 Å². The second-order valence-electron chi connectivity index (χ2n) is 3.99. The van der Waals surface area contributed by atoms with Crippen molar-refractivity contribution in [1.82, 2.24) is 5.32 Å². The van der Waals surface area contributed by atoms with Gasteiger partial charge in [-0.15, -0.1) is 11.3 Å². The van der Waals surface area contributed by atoms with Gasteiger partial charge in [0, 0.05) is 6.04 Å². The summed E-state index contributed by atoms with van der Waals surface area (Å²) in [6.45, 7) is 8.23. The van der Waals surface area contributed by atoms with Crippen LogP contribution in [0.4, 0.5) is 0 Å².